The van der Waals surface area contributed by atoms with Gasteiger partial charge in [0.25, 0.3) is 5.91 Å². The number of nitrogen functional groups attached to an aromatic ring is 1. The van der Waals surface area contributed by atoms with Crippen LogP contribution in [0.3, 0.4) is 0 Å². The number of aromatic nitrogens is 4. The van der Waals surface area contributed by atoms with Crippen molar-refractivity contribution in [3.63, 3.8) is 0 Å². The van der Waals surface area contributed by atoms with Crippen LogP contribution >= 0.6 is 11.3 Å². The SMILES string of the molecule is Cc1nc(OC2CCC(C3CC(O)C3)CC2)c(C(=O)N[C@@H]2CCCN(c3cc(-c4ccc(S(C)(=O)=O)cc4)n4ncnc(N)c34)C2)s1. The number of carbonyl (C=O) groups is 1. The fourth-order valence-corrected chi connectivity index (χ4v) is 8.80. The highest BCUT2D eigenvalue weighted by molar-refractivity contribution is 7.90. The van der Waals surface area contributed by atoms with Crippen LogP contribution in [0, 0.1) is 18.8 Å². The Kier molecular flexibility index (Phi) is 8.60. The number of nitrogens with two attached hydrogens (primary N) is 1. The summed E-state index contributed by atoms with van der Waals surface area (Å²) in [7, 11) is -3.33. The Morgan fingerprint density at radius 2 is 1.85 bits per heavy atom. The molecule has 0 bridgehead atoms. The van der Waals surface area contributed by atoms with Crippen molar-refractivity contribution < 1.29 is 23.1 Å². The third-order valence-corrected chi connectivity index (χ3v) is 12.0. The molecule has 1 saturated heterocycles. The van der Waals surface area contributed by atoms with Crippen LogP contribution in [-0.2, 0) is 9.84 Å². The van der Waals surface area contributed by atoms with Crippen LogP contribution in [0.1, 0.15) is 66.0 Å². The van der Waals surface area contributed by atoms with E-state index in [1.165, 1.54) is 23.9 Å². The van der Waals surface area contributed by atoms with E-state index in [9.17, 15) is 18.3 Å². The molecule has 0 unspecified atom stereocenters. The Bertz CT molecular complexity index is 1880. The molecule has 1 amide bonds. The number of aryl methyl sites for hydroxylation is 1. The third kappa shape index (κ3) is 6.55. The topological polar surface area (TPSA) is 165 Å². The van der Waals surface area contributed by atoms with E-state index in [1.54, 1.807) is 28.8 Å². The summed E-state index contributed by atoms with van der Waals surface area (Å²) in [5, 5.41) is 18.2. The van der Waals surface area contributed by atoms with E-state index in [1.807, 2.05) is 13.0 Å². The standard InChI is InChI=1S/C33H41N7O5S2/c1-19-37-33(45-25-9-5-20(6-10-25)22-14-24(41)15-22)30(46-19)32(42)38-23-4-3-13-39(17-23)28-16-27(40-29(28)31(34)35-18-36-40)21-7-11-26(12-8-21)47(2,43)44/h7-8,11-12,16,18,20,22-25,41H,3-6,9-10,13-15,17H2,1-2H3,(H,38,42)(H2,34,35,36)/t20?,22?,23-,24?,25?/m1/s1. The van der Waals surface area contributed by atoms with Gasteiger partial charge in [0.2, 0.25) is 5.88 Å². The number of rotatable bonds is 8. The Morgan fingerprint density at radius 1 is 1.11 bits per heavy atom. The zero-order valence-electron chi connectivity index (χ0n) is 26.6. The number of aliphatic hydroxyl groups excluding tert-OH is 1. The van der Waals surface area contributed by atoms with Gasteiger partial charge in [-0.15, -0.1) is 11.3 Å². The number of carbonyl (C=O) groups excluding carboxylic acids is 1. The predicted octanol–water partition coefficient (Wildman–Crippen LogP) is 4.25. The number of fused-ring (bicyclic) bond motifs is 1. The Labute approximate surface area is 278 Å². The van der Waals surface area contributed by atoms with E-state index in [4.69, 9.17) is 10.5 Å². The van der Waals surface area contributed by atoms with Gasteiger partial charge >= 0.3 is 0 Å². The second kappa shape index (κ2) is 12.7. The lowest BCUT2D eigenvalue weighted by molar-refractivity contribution is -0.00561. The minimum atomic E-state index is -3.33. The van der Waals surface area contributed by atoms with Gasteiger partial charge in [0.15, 0.2) is 20.5 Å². The highest BCUT2D eigenvalue weighted by Crippen LogP contribution is 2.42. The average Bonchev–Trinajstić information content (AvgIpc) is 3.61. The first-order valence-electron chi connectivity index (χ1n) is 16.3. The molecule has 2 saturated carbocycles. The molecule has 3 aliphatic rings. The lowest BCUT2D eigenvalue weighted by Gasteiger charge is -2.41. The zero-order valence-corrected chi connectivity index (χ0v) is 28.3. The number of aliphatic hydroxyl groups is 1. The minimum absolute atomic E-state index is 0.0436. The van der Waals surface area contributed by atoms with Crippen molar-refractivity contribution in [2.45, 2.75) is 81.4 Å². The summed E-state index contributed by atoms with van der Waals surface area (Å²) in [5.74, 6) is 1.88. The lowest BCUT2D eigenvalue weighted by Crippen LogP contribution is -2.47. The highest BCUT2D eigenvalue weighted by atomic mass is 32.2. The van der Waals surface area contributed by atoms with Crippen molar-refractivity contribution in [2.24, 2.45) is 11.8 Å². The number of amides is 1. The van der Waals surface area contributed by atoms with Crippen molar-refractivity contribution >= 4 is 44.1 Å². The van der Waals surface area contributed by atoms with Gasteiger partial charge in [-0.25, -0.2) is 22.9 Å². The van der Waals surface area contributed by atoms with Crippen LogP contribution in [0.25, 0.3) is 16.8 Å². The first-order chi connectivity index (χ1) is 22.5. The van der Waals surface area contributed by atoms with Crippen molar-refractivity contribution in [1.82, 2.24) is 24.9 Å². The van der Waals surface area contributed by atoms with Gasteiger partial charge in [-0.05, 0) is 88.3 Å². The molecule has 47 heavy (non-hydrogen) atoms. The van der Waals surface area contributed by atoms with Crippen molar-refractivity contribution in [2.75, 3.05) is 30.0 Å². The normalized spacial score (nSPS) is 25.0. The van der Waals surface area contributed by atoms with Crippen LogP contribution in [-0.4, -0.2) is 76.6 Å². The first-order valence-corrected chi connectivity index (χ1v) is 19.0. The maximum absolute atomic E-state index is 13.7. The predicted molar refractivity (Wildman–Crippen MR) is 181 cm³/mol. The van der Waals surface area contributed by atoms with E-state index in [2.05, 4.69) is 25.3 Å². The number of hydrogen-bond donors (Lipinski definition) is 3. The van der Waals surface area contributed by atoms with Gasteiger partial charge in [0.1, 0.15) is 17.9 Å². The molecule has 3 aromatic heterocycles. The molecule has 1 aromatic carbocycles. The molecule has 250 valence electrons. The Morgan fingerprint density at radius 3 is 2.55 bits per heavy atom. The number of nitrogens with zero attached hydrogens (tertiary/aromatic N) is 5. The van der Waals surface area contributed by atoms with Gasteiger partial charge in [0, 0.05) is 31.0 Å². The molecular weight excluding hydrogens is 639 g/mol. The van der Waals surface area contributed by atoms with Gasteiger partial charge in [0.05, 0.1) is 27.4 Å². The zero-order chi connectivity index (χ0) is 32.9. The second-order valence-electron chi connectivity index (χ2n) is 13.3. The van der Waals surface area contributed by atoms with Crippen molar-refractivity contribution in [1.29, 1.82) is 0 Å². The number of benzene rings is 1. The monoisotopic (exact) mass is 679 g/mol. The van der Waals surface area contributed by atoms with E-state index < -0.39 is 9.84 Å². The molecule has 4 heterocycles. The molecule has 4 aromatic rings. The number of sulfone groups is 1. The number of thiazole rings is 1. The van der Waals surface area contributed by atoms with Crippen molar-refractivity contribution in [3.8, 4) is 17.1 Å². The van der Waals surface area contributed by atoms with Crippen LogP contribution in [0.2, 0.25) is 0 Å². The van der Waals surface area contributed by atoms with Gasteiger partial charge in [-0.3, -0.25) is 4.79 Å². The number of piperidine rings is 1. The van der Waals surface area contributed by atoms with Crippen molar-refractivity contribution in [3.05, 3.63) is 46.5 Å². The molecule has 0 spiro atoms. The van der Waals surface area contributed by atoms with Crippen LogP contribution in [0.5, 0.6) is 5.88 Å². The molecule has 7 rings (SSSR count). The second-order valence-corrected chi connectivity index (χ2v) is 16.5. The summed E-state index contributed by atoms with van der Waals surface area (Å²) >= 11 is 1.36. The van der Waals surface area contributed by atoms with E-state index >= 15 is 0 Å². The summed E-state index contributed by atoms with van der Waals surface area (Å²) in [4.78, 5) is 25.5. The Balaban J connectivity index is 1.05. The van der Waals surface area contributed by atoms with Gasteiger partial charge in [-0.1, -0.05) is 12.1 Å². The fourth-order valence-electron chi connectivity index (χ4n) is 7.41. The average molecular weight is 680 g/mol. The molecule has 1 atom stereocenters. The summed E-state index contributed by atoms with van der Waals surface area (Å²) in [6.45, 7) is 3.23. The molecule has 14 heteroatoms. The first kappa shape index (κ1) is 31.8. The molecule has 1 aliphatic heterocycles. The molecule has 4 N–H and O–H groups in total. The molecule has 3 fully saturated rings. The smallest absolute Gasteiger partial charge is 0.267 e. The maximum Gasteiger partial charge on any atom is 0.267 e. The number of ether oxygens (including phenoxy) is 1. The summed E-state index contributed by atoms with van der Waals surface area (Å²) in [5.41, 5.74) is 9.46. The van der Waals surface area contributed by atoms with Gasteiger partial charge < -0.3 is 25.8 Å². The fraction of sp³-hybridized carbons (Fsp3) is 0.515. The van der Waals surface area contributed by atoms with Gasteiger partial charge in [-0.2, -0.15) is 5.10 Å². The van der Waals surface area contributed by atoms with E-state index in [-0.39, 0.29) is 29.1 Å². The summed E-state index contributed by atoms with van der Waals surface area (Å²) in [6, 6.07) is 8.60. The van der Waals surface area contributed by atoms with Crippen LogP contribution in [0.4, 0.5) is 11.5 Å². The minimum Gasteiger partial charge on any atom is -0.473 e. The summed E-state index contributed by atoms with van der Waals surface area (Å²) < 4.78 is 32.1. The molecular formula is C33H41N7O5S2. The summed E-state index contributed by atoms with van der Waals surface area (Å²) in [6.07, 6.45) is 10.1. The molecule has 12 nitrogen and oxygen atoms in total. The number of nitrogens with one attached hydrogen (secondary N) is 1. The number of anilines is 2. The molecule has 2 aliphatic carbocycles. The number of hydrogen-bond acceptors (Lipinski definition) is 11. The maximum atomic E-state index is 13.7. The molecule has 0 radical (unpaired) electrons. The highest BCUT2D eigenvalue weighted by Gasteiger charge is 2.37. The van der Waals surface area contributed by atoms with E-state index in [0.29, 0.717) is 40.5 Å². The Hall–Kier alpha value is -3.75. The lowest BCUT2D eigenvalue weighted by atomic mass is 9.68. The van der Waals surface area contributed by atoms with Crippen LogP contribution in [0.15, 0.2) is 41.6 Å². The van der Waals surface area contributed by atoms with E-state index in [0.717, 1.165) is 79.9 Å². The van der Waals surface area contributed by atoms with Crippen LogP contribution < -0.4 is 20.7 Å². The third-order valence-electron chi connectivity index (χ3n) is 9.96. The largest absolute Gasteiger partial charge is 0.473 e. The quantitative estimate of drug-likeness (QED) is 0.245.